The highest BCUT2D eigenvalue weighted by Crippen LogP contribution is 2.16. The molecule has 1 unspecified atom stereocenters. The van der Waals surface area contributed by atoms with Gasteiger partial charge in [0.05, 0.1) is 0 Å². The van der Waals surface area contributed by atoms with E-state index in [0.29, 0.717) is 0 Å². The number of nitrogens with zero attached hydrogens (tertiary/aromatic N) is 1. The largest absolute Gasteiger partial charge is 0.304 e. The minimum absolute atomic E-state index is 0.191. The predicted molar refractivity (Wildman–Crippen MR) is 43.5 cm³/mol. The molecule has 0 aromatic heterocycles. The Morgan fingerprint density at radius 1 is 1.50 bits per heavy atom. The number of rotatable bonds is 1. The summed E-state index contributed by atoms with van der Waals surface area (Å²) in [6, 6.07) is -0.779. The minimum atomic E-state index is -3.55. The smallest absolute Gasteiger partial charge is 0.272 e. The van der Waals surface area contributed by atoms with Crippen molar-refractivity contribution in [1.82, 2.24) is 9.03 Å². The van der Waals surface area contributed by atoms with Crippen molar-refractivity contribution in [2.75, 3.05) is 0 Å². The molecule has 1 heterocycles. The second-order valence-corrected chi connectivity index (χ2v) is 4.65. The van der Waals surface area contributed by atoms with Crippen LogP contribution in [0.4, 0.5) is 0 Å². The molecule has 1 aliphatic heterocycles. The Balaban J connectivity index is 3.06. The predicted octanol–water partition coefficient (Wildman–Crippen LogP) is -0.540. The molecule has 1 atom stereocenters. The molecule has 5 nitrogen and oxygen atoms in total. The summed E-state index contributed by atoms with van der Waals surface area (Å²) >= 11 is 0. The van der Waals surface area contributed by atoms with Crippen molar-refractivity contribution in [3.05, 3.63) is 0 Å². The molecule has 6 heteroatoms. The van der Waals surface area contributed by atoms with Crippen LogP contribution in [0.25, 0.3) is 0 Å². The first-order valence-electron chi connectivity index (χ1n) is 3.71. The summed E-state index contributed by atoms with van der Waals surface area (Å²) in [5.41, 5.74) is 0. The average molecular weight is 192 g/mol. The van der Waals surface area contributed by atoms with Crippen LogP contribution in [0.15, 0.2) is 0 Å². The number of carbonyl (C=O) groups is 1. The van der Waals surface area contributed by atoms with Gasteiger partial charge < -0.3 is 0 Å². The van der Waals surface area contributed by atoms with Gasteiger partial charge in [0.15, 0.2) is 0 Å². The van der Waals surface area contributed by atoms with Gasteiger partial charge in [0.25, 0.3) is 5.91 Å². The summed E-state index contributed by atoms with van der Waals surface area (Å²) in [5.74, 6) is -0.455. The maximum absolute atomic E-state index is 11.2. The Bertz CT molecular complexity index is 296. The Labute approximate surface area is 71.9 Å². The van der Waals surface area contributed by atoms with Crippen molar-refractivity contribution in [2.45, 2.75) is 32.9 Å². The van der Waals surface area contributed by atoms with E-state index >= 15 is 0 Å². The number of hydrogen-bond acceptors (Lipinski definition) is 3. The third-order valence-electron chi connectivity index (χ3n) is 1.78. The lowest BCUT2D eigenvalue weighted by atomic mass is 10.3. The highest BCUT2D eigenvalue weighted by Gasteiger charge is 2.42. The van der Waals surface area contributed by atoms with E-state index < -0.39 is 22.2 Å². The summed E-state index contributed by atoms with van der Waals surface area (Å²) in [7, 11) is -3.55. The third kappa shape index (κ3) is 1.32. The van der Waals surface area contributed by atoms with Crippen molar-refractivity contribution in [1.29, 1.82) is 0 Å². The fraction of sp³-hybridized carbons (Fsp3) is 0.833. The summed E-state index contributed by atoms with van der Waals surface area (Å²) in [6.45, 7) is 5.03. The molecule has 0 radical (unpaired) electrons. The van der Waals surface area contributed by atoms with Crippen LogP contribution in [-0.4, -0.2) is 30.7 Å². The van der Waals surface area contributed by atoms with Gasteiger partial charge in [0.1, 0.15) is 6.04 Å². The maximum Gasteiger partial charge on any atom is 0.304 e. The van der Waals surface area contributed by atoms with Gasteiger partial charge >= 0.3 is 10.2 Å². The van der Waals surface area contributed by atoms with Crippen molar-refractivity contribution in [3.8, 4) is 0 Å². The summed E-state index contributed by atoms with van der Waals surface area (Å²) in [5, 5.41) is 0. The van der Waals surface area contributed by atoms with E-state index in [-0.39, 0.29) is 6.04 Å². The van der Waals surface area contributed by atoms with E-state index in [1.54, 1.807) is 20.8 Å². The number of carbonyl (C=O) groups excluding carboxylic acids is 1. The monoisotopic (exact) mass is 192 g/mol. The van der Waals surface area contributed by atoms with Crippen LogP contribution in [0.5, 0.6) is 0 Å². The number of hydrogen-bond donors (Lipinski definition) is 1. The molecule has 1 saturated heterocycles. The summed E-state index contributed by atoms with van der Waals surface area (Å²) in [6.07, 6.45) is 0. The molecule has 0 saturated carbocycles. The third-order valence-corrected chi connectivity index (χ3v) is 3.53. The van der Waals surface area contributed by atoms with Gasteiger partial charge in [-0.15, -0.1) is 0 Å². The minimum Gasteiger partial charge on any atom is -0.272 e. The van der Waals surface area contributed by atoms with Gasteiger partial charge in [-0.3, -0.25) is 4.79 Å². The lowest BCUT2D eigenvalue weighted by Crippen LogP contribution is -2.39. The van der Waals surface area contributed by atoms with E-state index in [2.05, 4.69) is 0 Å². The zero-order chi connectivity index (χ0) is 9.52. The molecule has 70 valence electrons. The Morgan fingerprint density at radius 2 is 2.00 bits per heavy atom. The van der Waals surface area contributed by atoms with Crippen LogP contribution in [0.2, 0.25) is 0 Å². The molecule has 1 amide bonds. The summed E-state index contributed by atoms with van der Waals surface area (Å²) in [4.78, 5) is 11.0. The molecule has 0 spiro atoms. The van der Waals surface area contributed by atoms with Gasteiger partial charge in [0.2, 0.25) is 0 Å². The molecule has 0 aromatic carbocycles. The topological polar surface area (TPSA) is 66.5 Å². The van der Waals surface area contributed by atoms with Crippen molar-refractivity contribution < 1.29 is 13.2 Å². The zero-order valence-electron chi connectivity index (χ0n) is 7.23. The van der Waals surface area contributed by atoms with E-state index in [9.17, 15) is 13.2 Å². The Morgan fingerprint density at radius 3 is 2.17 bits per heavy atom. The van der Waals surface area contributed by atoms with Crippen LogP contribution in [0, 0.1) is 0 Å². The van der Waals surface area contributed by atoms with Gasteiger partial charge in [-0.1, -0.05) is 0 Å². The second-order valence-electron chi connectivity index (χ2n) is 3.07. The Kier molecular flexibility index (Phi) is 2.13. The lowest BCUT2D eigenvalue weighted by Gasteiger charge is -2.20. The van der Waals surface area contributed by atoms with Crippen LogP contribution in [0.1, 0.15) is 20.8 Å². The van der Waals surface area contributed by atoms with Crippen LogP contribution in [0.3, 0.4) is 0 Å². The molecular weight excluding hydrogens is 180 g/mol. The van der Waals surface area contributed by atoms with E-state index in [4.69, 9.17) is 0 Å². The van der Waals surface area contributed by atoms with E-state index in [1.807, 2.05) is 4.72 Å². The SMILES string of the molecule is CC(C)N1C(C)C(=O)NS1(=O)=O. The first-order chi connectivity index (χ1) is 5.36. The molecule has 0 aliphatic carbocycles. The fourth-order valence-electron chi connectivity index (χ4n) is 1.31. The van der Waals surface area contributed by atoms with Gasteiger partial charge in [-0.25, -0.2) is 4.72 Å². The number of nitrogens with one attached hydrogen (secondary N) is 1. The standard InChI is InChI=1S/C6H12N2O3S/c1-4(2)8-5(3)6(9)7-12(8,10)11/h4-5H,1-3H3,(H,7,9). The molecule has 1 fully saturated rings. The van der Waals surface area contributed by atoms with Crippen LogP contribution >= 0.6 is 0 Å². The van der Waals surface area contributed by atoms with E-state index in [1.165, 1.54) is 0 Å². The Hall–Kier alpha value is -0.620. The lowest BCUT2D eigenvalue weighted by molar-refractivity contribution is -0.121. The van der Waals surface area contributed by atoms with Crippen LogP contribution < -0.4 is 4.72 Å². The maximum atomic E-state index is 11.2. The van der Waals surface area contributed by atoms with Crippen molar-refractivity contribution in [2.24, 2.45) is 0 Å². The normalized spacial score (nSPS) is 29.3. The average Bonchev–Trinajstić information content (AvgIpc) is 2.01. The molecule has 12 heavy (non-hydrogen) atoms. The highest BCUT2D eigenvalue weighted by molar-refractivity contribution is 7.88. The van der Waals surface area contributed by atoms with Gasteiger partial charge in [0, 0.05) is 6.04 Å². The van der Waals surface area contributed by atoms with Gasteiger partial charge in [-0.05, 0) is 20.8 Å². The zero-order valence-corrected chi connectivity index (χ0v) is 8.05. The second kappa shape index (κ2) is 2.70. The first kappa shape index (κ1) is 9.47. The molecule has 1 N–H and O–H groups in total. The molecule has 1 rings (SSSR count). The highest BCUT2D eigenvalue weighted by atomic mass is 32.2. The van der Waals surface area contributed by atoms with Crippen molar-refractivity contribution in [3.63, 3.8) is 0 Å². The fourth-order valence-corrected chi connectivity index (χ4v) is 2.91. The van der Waals surface area contributed by atoms with Gasteiger partial charge in [-0.2, -0.15) is 12.7 Å². The van der Waals surface area contributed by atoms with Crippen molar-refractivity contribution >= 4 is 16.1 Å². The van der Waals surface area contributed by atoms with Crippen LogP contribution in [-0.2, 0) is 15.0 Å². The van der Waals surface area contributed by atoms with E-state index in [0.717, 1.165) is 4.31 Å². The quantitative estimate of drug-likeness (QED) is 0.606. The first-order valence-corrected chi connectivity index (χ1v) is 5.15. The number of amides is 1. The molecule has 0 bridgehead atoms. The molecular formula is C6H12N2O3S. The molecule has 1 aliphatic rings. The molecule has 0 aromatic rings. The summed E-state index contributed by atoms with van der Waals surface area (Å²) < 4.78 is 25.5.